The van der Waals surface area contributed by atoms with Crippen LogP contribution in [0, 0.1) is 5.92 Å². The van der Waals surface area contributed by atoms with E-state index in [4.69, 9.17) is 4.74 Å². The van der Waals surface area contributed by atoms with E-state index in [9.17, 15) is 4.79 Å². The van der Waals surface area contributed by atoms with Crippen molar-refractivity contribution >= 4 is 5.91 Å². The van der Waals surface area contributed by atoms with Gasteiger partial charge in [-0.25, -0.2) is 19.9 Å². The second kappa shape index (κ2) is 7.23. The van der Waals surface area contributed by atoms with Gasteiger partial charge in [-0.2, -0.15) is 0 Å². The van der Waals surface area contributed by atoms with E-state index in [-0.39, 0.29) is 11.8 Å². The van der Waals surface area contributed by atoms with Gasteiger partial charge in [-0.05, 0) is 25.3 Å². The fraction of sp³-hybridized carbons (Fsp3) is 0.500. The third kappa shape index (κ3) is 3.99. The molecule has 0 unspecified atom stereocenters. The van der Waals surface area contributed by atoms with Crippen LogP contribution in [-0.4, -0.2) is 57.0 Å². The number of amides is 1. The van der Waals surface area contributed by atoms with Gasteiger partial charge in [0.25, 0.3) is 5.91 Å². The molecule has 2 aromatic rings. The number of ether oxygens (including phenoxy) is 1. The van der Waals surface area contributed by atoms with Crippen LogP contribution in [0.15, 0.2) is 31.0 Å². The zero-order valence-electron chi connectivity index (χ0n) is 14.0. The minimum Gasteiger partial charge on any atom is -0.379 e. The molecule has 0 bridgehead atoms. The number of nitrogens with zero attached hydrogens (tertiary/aromatic N) is 5. The predicted octanol–water partition coefficient (Wildman–Crippen LogP) is 1.48. The molecular weight excluding hydrogens is 318 g/mol. The normalized spacial score (nSPS) is 21.0. The summed E-state index contributed by atoms with van der Waals surface area (Å²) >= 11 is 0. The van der Waals surface area contributed by atoms with E-state index in [1.807, 2.05) is 11.0 Å². The van der Waals surface area contributed by atoms with Crippen LogP contribution in [0.4, 0.5) is 0 Å². The number of carbonyl (C=O) groups excluding carboxylic acids is 1. The Morgan fingerprint density at radius 2 is 2.08 bits per heavy atom. The maximum Gasteiger partial charge on any atom is 0.257 e. The van der Waals surface area contributed by atoms with Crippen LogP contribution < -0.4 is 0 Å². The fourth-order valence-corrected chi connectivity index (χ4v) is 3.11. The third-order valence-corrected chi connectivity index (χ3v) is 4.63. The molecule has 2 aliphatic rings. The number of hydrogen-bond acceptors (Lipinski definition) is 6. The molecular formula is C18H21N5O2. The van der Waals surface area contributed by atoms with Crippen molar-refractivity contribution in [3.05, 3.63) is 48.1 Å². The molecule has 7 nitrogen and oxygen atoms in total. The minimum absolute atomic E-state index is 0.0273. The van der Waals surface area contributed by atoms with Gasteiger partial charge in [0.05, 0.1) is 18.8 Å². The molecule has 0 N–H and O–H groups in total. The quantitative estimate of drug-likeness (QED) is 0.839. The van der Waals surface area contributed by atoms with Crippen molar-refractivity contribution in [1.82, 2.24) is 24.8 Å². The molecule has 4 rings (SSSR count). The minimum atomic E-state index is -0.0273. The molecule has 1 atom stereocenters. The molecule has 1 aliphatic carbocycles. The maximum atomic E-state index is 12.8. The molecule has 3 heterocycles. The second-order valence-electron chi connectivity index (χ2n) is 6.70. The summed E-state index contributed by atoms with van der Waals surface area (Å²) in [4.78, 5) is 31.6. The van der Waals surface area contributed by atoms with Crippen molar-refractivity contribution < 1.29 is 9.53 Å². The highest BCUT2D eigenvalue weighted by Gasteiger charge is 2.28. The Bertz CT molecular complexity index is 718. The van der Waals surface area contributed by atoms with Crippen LogP contribution in [0.25, 0.3) is 0 Å². The van der Waals surface area contributed by atoms with Crippen molar-refractivity contribution in [2.45, 2.75) is 25.2 Å². The van der Waals surface area contributed by atoms with Gasteiger partial charge in [0.2, 0.25) is 0 Å². The largest absolute Gasteiger partial charge is 0.379 e. The first-order valence-electron chi connectivity index (χ1n) is 8.73. The fourth-order valence-electron chi connectivity index (χ4n) is 3.11. The Labute approximate surface area is 146 Å². The molecule has 1 amide bonds. The second-order valence-corrected chi connectivity index (χ2v) is 6.70. The summed E-state index contributed by atoms with van der Waals surface area (Å²) < 4.78 is 5.69. The molecule has 2 fully saturated rings. The molecule has 0 radical (unpaired) electrons. The number of carbonyl (C=O) groups is 1. The van der Waals surface area contributed by atoms with Gasteiger partial charge >= 0.3 is 0 Å². The molecule has 130 valence electrons. The van der Waals surface area contributed by atoms with Crippen LogP contribution in [0.1, 0.15) is 40.6 Å². The zero-order valence-corrected chi connectivity index (χ0v) is 14.0. The first kappa shape index (κ1) is 16.1. The summed E-state index contributed by atoms with van der Waals surface area (Å²) in [5.41, 5.74) is 1.52. The Morgan fingerprint density at radius 3 is 2.80 bits per heavy atom. The highest BCUT2D eigenvalue weighted by molar-refractivity contribution is 5.93. The lowest BCUT2D eigenvalue weighted by Gasteiger charge is -2.23. The van der Waals surface area contributed by atoms with Gasteiger partial charge in [0.1, 0.15) is 12.2 Å². The van der Waals surface area contributed by atoms with Crippen molar-refractivity contribution in [2.24, 2.45) is 5.92 Å². The summed E-state index contributed by atoms with van der Waals surface area (Å²) in [6.07, 6.45) is 9.69. The summed E-state index contributed by atoms with van der Waals surface area (Å²) in [7, 11) is 0. The number of aromatic nitrogens is 4. The van der Waals surface area contributed by atoms with E-state index in [1.165, 1.54) is 0 Å². The van der Waals surface area contributed by atoms with Crippen molar-refractivity contribution in [2.75, 3.05) is 26.3 Å². The van der Waals surface area contributed by atoms with Crippen molar-refractivity contribution in [1.29, 1.82) is 0 Å². The molecule has 1 saturated carbocycles. The average Bonchev–Trinajstić information content (AvgIpc) is 3.50. The Kier molecular flexibility index (Phi) is 4.65. The van der Waals surface area contributed by atoms with E-state index in [1.54, 1.807) is 24.9 Å². The lowest BCUT2D eigenvalue weighted by atomic mass is 10.0. The van der Waals surface area contributed by atoms with Crippen LogP contribution in [0.5, 0.6) is 0 Å². The molecule has 1 saturated heterocycles. The number of hydrogen-bond donors (Lipinski definition) is 0. The lowest BCUT2D eigenvalue weighted by Crippen LogP contribution is -2.36. The van der Waals surface area contributed by atoms with Gasteiger partial charge < -0.3 is 9.64 Å². The van der Waals surface area contributed by atoms with Gasteiger partial charge in [-0.15, -0.1) is 0 Å². The van der Waals surface area contributed by atoms with Crippen molar-refractivity contribution in [3.8, 4) is 0 Å². The number of rotatable bonds is 4. The van der Waals surface area contributed by atoms with Crippen LogP contribution in [-0.2, 0) is 11.2 Å². The Hall–Kier alpha value is -2.41. The molecule has 7 heteroatoms. The standard InChI is InChI=1S/C18H21N5O2/c24-18(15-8-20-17(21-9-15)14-1-2-14)23-5-6-25-11-13(10-23)7-16-3-4-19-12-22-16/h3-4,8-9,12-14H,1-2,5-7,10-11H2/t13-/m0/s1. The lowest BCUT2D eigenvalue weighted by molar-refractivity contribution is 0.0736. The highest BCUT2D eigenvalue weighted by atomic mass is 16.5. The summed E-state index contributed by atoms with van der Waals surface area (Å²) in [6.45, 7) is 2.41. The average molecular weight is 339 g/mol. The van der Waals surface area contributed by atoms with Crippen LogP contribution in [0.3, 0.4) is 0 Å². The first-order valence-corrected chi connectivity index (χ1v) is 8.73. The zero-order chi connectivity index (χ0) is 17.1. The van der Waals surface area contributed by atoms with Crippen molar-refractivity contribution in [3.63, 3.8) is 0 Å². The van der Waals surface area contributed by atoms with Gasteiger partial charge in [-0.3, -0.25) is 4.79 Å². The van der Waals surface area contributed by atoms with Gasteiger partial charge in [-0.1, -0.05) is 0 Å². The molecule has 0 aromatic carbocycles. The third-order valence-electron chi connectivity index (χ3n) is 4.63. The summed E-state index contributed by atoms with van der Waals surface area (Å²) in [6, 6.07) is 1.90. The van der Waals surface area contributed by atoms with E-state index >= 15 is 0 Å². The predicted molar refractivity (Wildman–Crippen MR) is 90.0 cm³/mol. The van der Waals surface area contributed by atoms with Gasteiger partial charge in [0, 0.05) is 49.2 Å². The highest BCUT2D eigenvalue weighted by Crippen LogP contribution is 2.37. The van der Waals surface area contributed by atoms with Crippen LogP contribution in [0.2, 0.25) is 0 Å². The molecule has 0 spiro atoms. The van der Waals surface area contributed by atoms with Gasteiger partial charge in [0.15, 0.2) is 0 Å². The first-order chi connectivity index (χ1) is 12.3. The monoisotopic (exact) mass is 339 g/mol. The maximum absolute atomic E-state index is 12.8. The van der Waals surface area contributed by atoms with E-state index < -0.39 is 0 Å². The molecule has 25 heavy (non-hydrogen) atoms. The van der Waals surface area contributed by atoms with E-state index in [2.05, 4.69) is 19.9 Å². The van der Waals surface area contributed by atoms with E-state index in [0.29, 0.717) is 37.8 Å². The topological polar surface area (TPSA) is 81.1 Å². The smallest absolute Gasteiger partial charge is 0.257 e. The summed E-state index contributed by atoms with van der Waals surface area (Å²) in [5, 5.41) is 0. The molecule has 1 aliphatic heterocycles. The molecule has 2 aromatic heterocycles. The SMILES string of the molecule is O=C(c1cnc(C2CC2)nc1)N1CCOC[C@@H](Cc2ccncn2)C1. The van der Waals surface area contributed by atoms with Crippen LogP contribution >= 0.6 is 0 Å². The summed E-state index contributed by atoms with van der Waals surface area (Å²) in [5.74, 6) is 1.54. The van der Waals surface area contributed by atoms with E-state index in [0.717, 1.165) is 30.8 Å². The Morgan fingerprint density at radius 1 is 1.24 bits per heavy atom. The Balaban J connectivity index is 1.43.